The fraction of sp³-hybridized carbons (Fsp3) is 0.769. The number of piperidine rings is 1. The highest BCUT2D eigenvalue weighted by molar-refractivity contribution is 5.68. The van der Waals surface area contributed by atoms with Gasteiger partial charge in [-0.05, 0) is 39.5 Å². The van der Waals surface area contributed by atoms with E-state index in [0.717, 1.165) is 25.8 Å². The van der Waals surface area contributed by atoms with Gasteiger partial charge < -0.3 is 14.1 Å². The molecule has 0 N–H and O–H groups in total. The van der Waals surface area contributed by atoms with Gasteiger partial charge in [-0.25, -0.2) is 4.79 Å². The predicted octanol–water partition coefficient (Wildman–Crippen LogP) is 2.26. The Bertz CT molecular complexity index is 411. The van der Waals surface area contributed by atoms with Crippen molar-refractivity contribution < 1.29 is 13.9 Å². The smallest absolute Gasteiger partial charge is 0.410 e. The third-order valence-electron chi connectivity index (χ3n) is 3.04. The van der Waals surface area contributed by atoms with Crippen LogP contribution in [-0.4, -0.2) is 39.9 Å². The van der Waals surface area contributed by atoms with E-state index in [2.05, 4.69) is 10.2 Å². The van der Waals surface area contributed by atoms with E-state index in [1.807, 2.05) is 20.8 Å². The molecule has 1 aliphatic rings. The van der Waals surface area contributed by atoms with Crippen LogP contribution < -0.4 is 0 Å². The molecule has 1 aliphatic heterocycles. The van der Waals surface area contributed by atoms with Gasteiger partial charge in [-0.1, -0.05) is 0 Å². The average molecular weight is 267 g/mol. The molecule has 6 nitrogen and oxygen atoms in total. The summed E-state index contributed by atoms with van der Waals surface area (Å²) in [7, 11) is 0. The van der Waals surface area contributed by atoms with E-state index in [1.54, 1.807) is 4.90 Å². The van der Waals surface area contributed by atoms with Gasteiger partial charge in [0.1, 0.15) is 5.60 Å². The van der Waals surface area contributed by atoms with Crippen LogP contribution in [0.3, 0.4) is 0 Å². The Morgan fingerprint density at radius 1 is 1.58 bits per heavy atom. The number of hydrogen-bond donors (Lipinski definition) is 0. The Balaban J connectivity index is 1.88. The van der Waals surface area contributed by atoms with Gasteiger partial charge in [-0.2, -0.15) is 0 Å². The molecule has 106 valence electrons. The molecule has 1 aromatic heterocycles. The highest BCUT2D eigenvalue weighted by Crippen LogP contribution is 2.21. The van der Waals surface area contributed by atoms with Crippen LogP contribution in [0.5, 0.6) is 0 Å². The van der Waals surface area contributed by atoms with Crippen LogP contribution in [0.4, 0.5) is 4.79 Å². The molecule has 1 saturated heterocycles. The Morgan fingerprint density at radius 3 is 3.00 bits per heavy atom. The van der Waals surface area contributed by atoms with Gasteiger partial charge in [0, 0.05) is 19.5 Å². The van der Waals surface area contributed by atoms with Crippen LogP contribution in [0, 0.1) is 5.92 Å². The minimum absolute atomic E-state index is 0.234. The highest BCUT2D eigenvalue weighted by atomic mass is 16.6. The molecule has 2 heterocycles. The van der Waals surface area contributed by atoms with Crippen molar-refractivity contribution in [1.82, 2.24) is 15.1 Å². The SMILES string of the molecule is CC(C)(C)OC(=O)N1CCCC(Cc2nnco2)C1. The van der Waals surface area contributed by atoms with Crippen LogP contribution >= 0.6 is 0 Å². The Labute approximate surface area is 113 Å². The summed E-state index contributed by atoms with van der Waals surface area (Å²) in [6, 6.07) is 0. The fourth-order valence-corrected chi connectivity index (χ4v) is 2.26. The van der Waals surface area contributed by atoms with Gasteiger partial charge in [-0.15, -0.1) is 10.2 Å². The summed E-state index contributed by atoms with van der Waals surface area (Å²) in [5, 5.41) is 7.56. The molecule has 1 unspecified atom stereocenters. The summed E-state index contributed by atoms with van der Waals surface area (Å²) in [6.45, 7) is 7.09. The molecule has 6 heteroatoms. The van der Waals surface area contributed by atoms with E-state index in [0.29, 0.717) is 18.4 Å². The van der Waals surface area contributed by atoms with Crippen molar-refractivity contribution in [1.29, 1.82) is 0 Å². The maximum absolute atomic E-state index is 12.0. The zero-order valence-electron chi connectivity index (χ0n) is 11.8. The van der Waals surface area contributed by atoms with E-state index >= 15 is 0 Å². The summed E-state index contributed by atoms with van der Waals surface area (Å²) in [5.41, 5.74) is -0.448. The normalized spacial score (nSPS) is 20.4. The van der Waals surface area contributed by atoms with Gasteiger partial charge >= 0.3 is 6.09 Å². The molecule has 1 atom stereocenters. The van der Waals surface area contributed by atoms with Crippen molar-refractivity contribution in [2.24, 2.45) is 5.92 Å². The number of rotatable bonds is 2. The number of nitrogens with zero attached hydrogens (tertiary/aromatic N) is 3. The number of hydrogen-bond acceptors (Lipinski definition) is 5. The first-order chi connectivity index (χ1) is 8.94. The molecule has 0 aromatic carbocycles. The monoisotopic (exact) mass is 267 g/mol. The van der Waals surface area contributed by atoms with E-state index in [9.17, 15) is 4.79 Å². The molecule has 2 rings (SSSR count). The number of carbonyl (C=O) groups is 1. The van der Waals surface area contributed by atoms with Crippen LogP contribution in [0.2, 0.25) is 0 Å². The highest BCUT2D eigenvalue weighted by Gasteiger charge is 2.28. The molecule has 0 radical (unpaired) electrons. The van der Waals surface area contributed by atoms with Crippen molar-refractivity contribution in [2.45, 2.75) is 45.6 Å². The first kappa shape index (κ1) is 13.8. The van der Waals surface area contributed by atoms with Crippen molar-refractivity contribution in [3.05, 3.63) is 12.3 Å². The largest absolute Gasteiger partial charge is 0.444 e. The van der Waals surface area contributed by atoms with Gasteiger partial charge in [0.2, 0.25) is 12.3 Å². The quantitative estimate of drug-likeness (QED) is 0.822. The maximum Gasteiger partial charge on any atom is 0.410 e. The van der Waals surface area contributed by atoms with Gasteiger partial charge in [0.25, 0.3) is 0 Å². The summed E-state index contributed by atoms with van der Waals surface area (Å²) in [5.74, 6) is 0.998. The second-order valence-corrected chi connectivity index (χ2v) is 5.97. The topological polar surface area (TPSA) is 68.5 Å². The zero-order chi connectivity index (χ0) is 13.9. The van der Waals surface area contributed by atoms with Crippen molar-refractivity contribution >= 4 is 6.09 Å². The maximum atomic E-state index is 12.0. The lowest BCUT2D eigenvalue weighted by atomic mass is 9.95. The molecular formula is C13H21N3O3. The summed E-state index contributed by atoms with van der Waals surface area (Å²) in [6.07, 6.45) is 3.88. The molecule has 0 bridgehead atoms. The minimum Gasteiger partial charge on any atom is -0.444 e. The first-order valence-electron chi connectivity index (χ1n) is 6.67. The Kier molecular flexibility index (Phi) is 4.07. The lowest BCUT2D eigenvalue weighted by molar-refractivity contribution is 0.0163. The van der Waals surface area contributed by atoms with E-state index < -0.39 is 5.60 Å². The standard InChI is InChI=1S/C13H21N3O3/c1-13(2,3)19-12(17)16-6-4-5-10(8-16)7-11-15-14-9-18-11/h9-10H,4-8H2,1-3H3. The van der Waals surface area contributed by atoms with E-state index in [-0.39, 0.29) is 6.09 Å². The van der Waals surface area contributed by atoms with Crippen LogP contribution in [0.25, 0.3) is 0 Å². The van der Waals surface area contributed by atoms with Crippen LogP contribution in [0.15, 0.2) is 10.8 Å². The second kappa shape index (κ2) is 5.59. The number of likely N-dealkylation sites (tertiary alicyclic amines) is 1. The third kappa shape index (κ3) is 4.22. The Morgan fingerprint density at radius 2 is 2.37 bits per heavy atom. The average Bonchev–Trinajstić information content (AvgIpc) is 2.80. The summed E-state index contributed by atoms with van der Waals surface area (Å²) < 4.78 is 10.6. The molecular weight excluding hydrogens is 246 g/mol. The number of carbonyl (C=O) groups excluding carboxylic acids is 1. The summed E-state index contributed by atoms with van der Waals surface area (Å²) in [4.78, 5) is 13.8. The number of ether oxygens (including phenoxy) is 1. The fourth-order valence-electron chi connectivity index (χ4n) is 2.26. The minimum atomic E-state index is -0.448. The van der Waals surface area contributed by atoms with Crippen molar-refractivity contribution in [3.8, 4) is 0 Å². The van der Waals surface area contributed by atoms with Crippen molar-refractivity contribution in [2.75, 3.05) is 13.1 Å². The molecule has 0 aliphatic carbocycles. The molecule has 1 amide bonds. The first-order valence-corrected chi connectivity index (χ1v) is 6.67. The third-order valence-corrected chi connectivity index (χ3v) is 3.04. The number of aromatic nitrogens is 2. The predicted molar refractivity (Wildman–Crippen MR) is 68.5 cm³/mol. The van der Waals surface area contributed by atoms with Gasteiger partial charge in [-0.3, -0.25) is 0 Å². The summed E-state index contributed by atoms with van der Waals surface area (Å²) >= 11 is 0. The number of amides is 1. The molecule has 0 spiro atoms. The van der Waals surface area contributed by atoms with Crippen molar-refractivity contribution in [3.63, 3.8) is 0 Å². The second-order valence-electron chi connectivity index (χ2n) is 5.97. The zero-order valence-corrected chi connectivity index (χ0v) is 11.8. The Hall–Kier alpha value is -1.59. The molecule has 19 heavy (non-hydrogen) atoms. The van der Waals surface area contributed by atoms with Crippen LogP contribution in [0.1, 0.15) is 39.5 Å². The molecule has 1 aromatic rings. The van der Waals surface area contributed by atoms with Gasteiger partial charge in [0.05, 0.1) is 0 Å². The lowest BCUT2D eigenvalue weighted by Gasteiger charge is -2.33. The van der Waals surface area contributed by atoms with Gasteiger partial charge in [0.15, 0.2) is 0 Å². The van der Waals surface area contributed by atoms with E-state index in [1.165, 1.54) is 6.39 Å². The van der Waals surface area contributed by atoms with E-state index in [4.69, 9.17) is 9.15 Å². The molecule has 0 saturated carbocycles. The van der Waals surface area contributed by atoms with Crippen LogP contribution in [-0.2, 0) is 11.2 Å². The molecule has 1 fully saturated rings. The lowest BCUT2D eigenvalue weighted by Crippen LogP contribution is -2.43.